The molecule has 2 rings (SSSR count). The van der Waals surface area contributed by atoms with Gasteiger partial charge in [0.2, 0.25) is 5.91 Å². The average Bonchev–Trinajstić information content (AvgIpc) is 2.86. The van der Waals surface area contributed by atoms with E-state index in [1.54, 1.807) is 12.1 Å². The van der Waals surface area contributed by atoms with Crippen LogP contribution in [0.1, 0.15) is 19.4 Å². The van der Waals surface area contributed by atoms with Gasteiger partial charge in [-0.15, -0.1) is 0 Å². The van der Waals surface area contributed by atoms with Crippen molar-refractivity contribution in [3.63, 3.8) is 0 Å². The van der Waals surface area contributed by atoms with Crippen LogP contribution in [-0.2, 0) is 11.3 Å². The van der Waals surface area contributed by atoms with E-state index in [1.807, 2.05) is 37.8 Å². The Morgan fingerprint density at radius 1 is 1.36 bits per heavy atom. The molecule has 22 heavy (non-hydrogen) atoms. The van der Waals surface area contributed by atoms with Gasteiger partial charge in [-0.1, -0.05) is 11.6 Å². The molecule has 0 fully saturated rings. The summed E-state index contributed by atoms with van der Waals surface area (Å²) in [6.07, 6.45) is 5.29. The summed E-state index contributed by atoms with van der Waals surface area (Å²) in [5.41, 5.74) is 1.12. The molecule has 1 amide bonds. The van der Waals surface area contributed by atoms with Gasteiger partial charge in [0.1, 0.15) is 5.82 Å². The Balaban J connectivity index is 1.83. The summed E-state index contributed by atoms with van der Waals surface area (Å²) in [7, 11) is 0. The molecule has 2 heterocycles. The molecule has 0 radical (unpaired) electrons. The Morgan fingerprint density at radius 3 is 2.73 bits per heavy atom. The lowest BCUT2D eigenvalue weighted by atomic mass is 10.2. The normalized spacial score (nSPS) is 13.6. The molecule has 2 aromatic heterocycles. The lowest BCUT2D eigenvalue weighted by Crippen LogP contribution is -2.44. The number of nitrogens with zero attached hydrogens (tertiary/aromatic N) is 3. The lowest BCUT2D eigenvalue weighted by molar-refractivity contribution is -0.118. The fourth-order valence-corrected chi connectivity index (χ4v) is 2.20. The van der Waals surface area contributed by atoms with Crippen molar-refractivity contribution in [2.75, 3.05) is 5.32 Å². The van der Waals surface area contributed by atoms with E-state index in [2.05, 4.69) is 20.7 Å². The summed E-state index contributed by atoms with van der Waals surface area (Å²) in [6, 6.07) is 3.12. The van der Waals surface area contributed by atoms with E-state index in [9.17, 15) is 4.79 Å². The summed E-state index contributed by atoms with van der Waals surface area (Å²) in [6.45, 7) is 6.53. The van der Waals surface area contributed by atoms with Gasteiger partial charge in [0, 0.05) is 18.4 Å². The van der Waals surface area contributed by atoms with Crippen LogP contribution in [-0.4, -0.2) is 32.8 Å². The van der Waals surface area contributed by atoms with E-state index in [1.165, 1.54) is 6.20 Å². The Hall–Kier alpha value is -1.92. The minimum absolute atomic E-state index is 0.109. The number of amides is 1. The van der Waals surface area contributed by atoms with Crippen LogP contribution in [0.25, 0.3) is 0 Å². The molecule has 0 bridgehead atoms. The lowest BCUT2D eigenvalue weighted by Gasteiger charge is -2.19. The largest absolute Gasteiger partial charge is 0.309 e. The standard InChI is InChI=1S/C15H20ClN5O/c1-10-6-18-21(8-10)9-11(2)19-12(3)15(22)20-14-5-4-13(16)7-17-14/h4-8,11-12,19H,9H2,1-3H3,(H,17,20,22)/t11-,12-/m0/s1. The average molecular weight is 322 g/mol. The molecule has 0 aliphatic rings. The zero-order valence-corrected chi connectivity index (χ0v) is 13.6. The van der Waals surface area contributed by atoms with E-state index in [4.69, 9.17) is 11.6 Å². The third-order valence-electron chi connectivity index (χ3n) is 3.13. The second-order valence-corrected chi connectivity index (χ2v) is 5.82. The molecule has 0 unspecified atom stereocenters. The molecule has 2 atom stereocenters. The first kappa shape index (κ1) is 16.5. The zero-order valence-electron chi connectivity index (χ0n) is 12.9. The van der Waals surface area contributed by atoms with Gasteiger partial charge in [0.25, 0.3) is 0 Å². The van der Waals surface area contributed by atoms with Gasteiger partial charge in [0.05, 0.1) is 23.8 Å². The number of rotatable bonds is 6. The van der Waals surface area contributed by atoms with Gasteiger partial charge in [-0.05, 0) is 38.5 Å². The zero-order chi connectivity index (χ0) is 16.1. The molecule has 2 N–H and O–H groups in total. The van der Waals surface area contributed by atoms with Crippen molar-refractivity contribution in [1.82, 2.24) is 20.1 Å². The van der Waals surface area contributed by atoms with Crippen molar-refractivity contribution in [1.29, 1.82) is 0 Å². The van der Waals surface area contributed by atoms with Crippen LogP contribution in [0.2, 0.25) is 5.02 Å². The third-order valence-corrected chi connectivity index (χ3v) is 3.35. The highest BCUT2D eigenvalue weighted by molar-refractivity contribution is 6.30. The fraction of sp³-hybridized carbons (Fsp3) is 0.400. The molecule has 0 aromatic carbocycles. The van der Waals surface area contributed by atoms with E-state index >= 15 is 0 Å². The van der Waals surface area contributed by atoms with Crippen molar-refractivity contribution in [2.24, 2.45) is 0 Å². The van der Waals surface area contributed by atoms with E-state index in [0.29, 0.717) is 17.4 Å². The number of aryl methyl sites for hydroxylation is 1. The summed E-state index contributed by atoms with van der Waals surface area (Å²) in [5, 5.41) is 10.8. The summed E-state index contributed by atoms with van der Waals surface area (Å²) < 4.78 is 1.86. The Labute approximate surface area is 134 Å². The maximum atomic E-state index is 12.1. The molecule has 2 aromatic rings. The van der Waals surface area contributed by atoms with Crippen LogP contribution in [0.3, 0.4) is 0 Å². The second-order valence-electron chi connectivity index (χ2n) is 5.38. The summed E-state index contributed by atoms with van der Waals surface area (Å²) >= 11 is 5.76. The quantitative estimate of drug-likeness (QED) is 0.856. The van der Waals surface area contributed by atoms with Crippen LogP contribution in [0, 0.1) is 6.92 Å². The topological polar surface area (TPSA) is 71.8 Å². The number of halogens is 1. The molecule has 0 aliphatic carbocycles. The minimum Gasteiger partial charge on any atom is -0.309 e. The maximum Gasteiger partial charge on any atom is 0.242 e. The van der Waals surface area contributed by atoms with Crippen molar-refractivity contribution < 1.29 is 4.79 Å². The Morgan fingerprint density at radius 2 is 2.14 bits per heavy atom. The van der Waals surface area contributed by atoms with Crippen molar-refractivity contribution in [3.05, 3.63) is 41.3 Å². The number of hydrogen-bond acceptors (Lipinski definition) is 4. The van der Waals surface area contributed by atoms with Crippen molar-refractivity contribution >= 4 is 23.3 Å². The second kappa shape index (κ2) is 7.38. The molecular formula is C15H20ClN5O. The van der Waals surface area contributed by atoms with E-state index < -0.39 is 0 Å². The number of anilines is 1. The number of aromatic nitrogens is 3. The van der Waals surface area contributed by atoms with Crippen LogP contribution >= 0.6 is 11.6 Å². The fourth-order valence-electron chi connectivity index (χ4n) is 2.09. The summed E-state index contributed by atoms with van der Waals surface area (Å²) in [4.78, 5) is 16.2. The SMILES string of the molecule is Cc1cnn(C[C@H](C)N[C@@H](C)C(=O)Nc2ccc(Cl)cn2)c1. The van der Waals surface area contributed by atoms with E-state index in [0.717, 1.165) is 5.56 Å². The third kappa shape index (κ3) is 4.82. The predicted molar refractivity (Wildman–Crippen MR) is 86.9 cm³/mol. The number of hydrogen-bond donors (Lipinski definition) is 2. The van der Waals surface area contributed by atoms with Crippen LogP contribution in [0.15, 0.2) is 30.7 Å². The first-order valence-electron chi connectivity index (χ1n) is 7.11. The highest BCUT2D eigenvalue weighted by Gasteiger charge is 2.16. The number of nitrogens with one attached hydrogen (secondary N) is 2. The van der Waals surface area contributed by atoms with Crippen LogP contribution in [0.4, 0.5) is 5.82 Å². The highest BCUT2D eigenvalue weighted by Crippen LogP contribution is 2.09. The molecule has 118 valence electrons. The van der Waals surface area contributed by atoms with Gasteiger partial charge in [0.15, 0.2) is 0 Å². The monoisotopic (exact) mass is 321 g/mol. The molecule has 0 spiro atoms. The Bertz CT molecular complexity index is 625. The van der Waals surface area contributed by atoms with Crippen molar-refractivity contribution in [2.45, 2.75) is 39.4 Å². The highest BCUT2D eigenvalue weighted by atomic mass is 35.5. The number of carbonyl (C=O) groups is 1. The van der Waals surface area contributed by atoms with E-state index in [-0.39, 0.29) is 18.0 Å². The van der Waals surface area contributed by atoms with Crippen LogP contribution < -0.4 is 10.6 Å². The van der Waals surface area contributed by atoms with Gasteiger partial charge in [-0.25, -0.2) is 4.98 Å². The Kier molecular flexibility index (Phi) is 5.51. The summed E-state index contributed by atoms with van der Waals surface area (Å²) in [5.74, 6) is 0.344. The van der Waals surface area contributed by atoms with Gasteiger partial charge < -0.3 is 10.6 Å². The number of pyridine rings is 1. The maximum absolute atomic E-state index is 12.1. The molecule has 6 nitrogen and oxygen atoms in total. The van der Waals surface area contributed by atoms with Crippen molar-refractivity contribution in [3.8, 4) is 0 Å². The minimum atomic E-state index is -0.343. The first-order valence-corrected chi connectivity index (χ1v) is 7.49. The van der Waals surface area contributed by atoms with Crippen LogP contribution in [0.5, 0.6) is 0 Å². The molecular weight excluding hydrogens is 302 g/mol. The van der Waals surface area contributed by atoms with Gasteiger partial charge in [-0.3, -0.25) is 9.48 Å². The van der Waals surface area contributed by atoms with Gasteiger partial charge in [-0.2, -0.15) is 5.10 Å². The smallest absolute Gasteiger partial charge is 0.242 e. The van der Waals surface area contributed by atoms with Gasteiger partial charge >= 0.3 is 0 Å². The first-order chi connectivity index (χ1) is 10.4. The molecule has 0 saturated carbocycles. The molecule has 0 saturated heterocycles. The molecule has 0 aliphatic heterocycles. The predicted octanol–water partition coefficient (Wildman–Crippen LogP) is 2.25. The molecule has 7 heteroatoms. The number of carbonyl (C=O) groups excluding carboxylic acids is 1.